The number of amides is 1. The number of carbonyl (C=O) groups is 1. The third kappa shape index (κ3) is 2.73. The molecule has 0 saturated heterocycles. The second-order valence-electron chi connectivity index (χ2n) is 5.02. The van der Waals surface area contributed by atoms with Crippen molar-refractivity contribution in [1.82, 2.24) is 5.32 Å². The van der Waals surface area contributed by atoms with Gasteiger partial charge in [-0.25, -0.2) is 0 Å². The van der Waals surface area contributed by atoms with Crippen LogP contribution in [-0.2, 0) is 6.42 Å². The molecule has 1 aromatic rings. The van der Waals surface area contributed by atoms with Crippen molar-refractivity contribution in [3.05, 3.63) is 29.3 Å². The number of fused-ring (bicyclic) bond motifs is 1. The molecule has 0 saturated carbocycles. The average molecular weight is 263 g/mol. The predicted molar refractivity (Wildman–Crippen MR) is 73.5 cm³/mol. The molecule has 0 unspecified atom stereocenters. The van der Waals surface area contributed by atoms with Crippen molar-refractivity contribution >= 4 is 5.91 Å². The maximum absolute atomic E-state index is 12.3. The molecule has 1 aliphatic rings. The molecule has 0 atom stereocenters. The lowest BCUT2D eigenvalue weighted by atomic mass is 9.93. The van der Waals surface area contributed by atoms with Gasteiger partial charge in [0.1, 0.15) is 5.75 Å². The smallest absolute Gasteiger partial charge is 0.251 e. The fourth-order valence-corrected chi connectivity index (χ4v) is 2.33. The fraction of sp³-hybridized carbons (Fsp3) is 0.533. The fourth-order valence-electron chi connectivity index (χ4n) is 2.33. The Morgan fingerprint density at radius 3 is 2.79 bits per heavy atom. The summed E-state index contributed by atoms with van der Waals surface area (Å²) in [4.78, 5) is 12.3. The van der Waals surface area contributed by atoms with Crippen molar-refractivity contribution in [3.63, 3.8) is 0 Å². The first-order valence-electron chi connectivity index (χ1n) is 6.83. The minimum absolute atomic E-state index is 0.0419. The number of hydrogen-bond donors (Lipinski definition) is 2. The Labute approximate surface area is 113 Å². The molecule has 0 fully saturated rings. The van der Waals surface area contributed by atoms with Crippen LogP contribution < -0.4 is 10.1 Å². The molecule has 0 bridgehead atoms. The molecular formula is C15H21NO3. The van der Waals surface area contributed by atoms with Crippen LogP contribution in [0.15, 0.2) is 18.2 Å². The monoisotopic (exact) mass is 263 g/mol. The SMILES string of the molecule is CCC(CC)(CO)NC(=O)c1ccc2c(c1)CCO2. The van der Waals surface area contributed by atoms with Crippen LogP contribution >= 0.6 is 0 Å². The van der Waals surface area contributed by atoms with Crippen LogP contribution in [0.3, 0.4) is 0 Å². The van der Waals surface area contributed by atoms with Crippen LogP contribution in [0.2, 0.25) is 0 Å². The van der Waals surface area contributed by atoms with Crippen molar-refractivity contribution in [1.29, 1.82) is 0 Å². The van der Waals surface area contributed by atoms with Gasteiger partial charge < -0.3 is 15.2 Å². The second kappa shape index (κ2) is 5.61. The summed E-state index contributed by atoms with van der Waals surface area (Å²) in [6, 6.07) is 5.49. The van der Waals surface area contributed by atoms with E-state index in [-0.39, 0.29) is 12.5 Å². The van der Waals surface area contributed by atoms with Crippen molar-refractivity contribution in [2.24, 2.45) is 0 Å². The Hall–Kier alpha value is -1.55. The summed E-state index contributed by atoms with van der Waals surface area (Å²) in [6.07, 6.45) is 2.27. The molecule has 0 aromatic heterocycles. The lowest BCUT2D eigenvalue weighted by Crippen LogP contribution is -2.50. The highest BCUT2D eigenvalue weighted by Crippen LogP contribution is 2.26. The van der Waals surface area contributed by atoms with Gasteiger partial charge in [-0.1, -0.05) is 13.8 Å². The molecule has 1 aliphatic heterocycles. The molecule has 4 heteroatoms. The van der Waals surface area contributed by atoms with Crippen molar-refractivity contribution in [2.75, 3.05) is 13.2 Å². The van der Waals surface area contributed by atoms with E-state index in [1.807, 2.05) is 26.0 Å². The van der Waals surface area contributed by atoms with Gasteiger partial charge in [0.05, 0.1) is 18.8 Å². The molecule has 2 rings (SSSR count). The van der Waals surface area contributed by atoms with E-state index in [4.69, 9.17) is 4.74 Å². The topological polar surface area (TPSA) is 58.6 Å². The zero-order chi connectivity index (χ0) is 13.9. The summed E-state index contributed by atoms with van der Waals surface area (Å²) in [5, 5.41) is 12.4. The molecule has 1 heterocycles. The van der Waals surface area contributed by atoms with Gasteiger partial charge in [-0.3, -0.25) is 4.79 Å². The summed E-state index contributed by atoms with van der Waals surface area (Å²) >= 11 is 0. The van der Waals surface area contributed by atoms with Crippen LogP contribution in [0.4, 0.5) is 0 Å². The van der Waals surface area contributed by atoms with E-state index in [2.05, 4.69) is 5.32 Å². The molecule has 4 nitrogen and oxygen atoms in total. The summed E-state index contributed by atoms with van der Waals surface area (Å²) in [5.41, 5.74) is 1.19. The lowest BCUT2D eigenvalue weighted by molar-refractivity contribution is 0.0818. The van der Waals surface area contributed by atoms with Gasteiger partial charge in [0, 0.05) is 12.0 Å². The third-order valence-corrected chi connectivity index (χ3v) is 3.99. The number of rotatable bonds is 5. The van der Waals surface area contributed by atoms with Gasteiger partial charge in [0.15, 0.2) is 0 Å². The second-order valence-corrected chi connectivity index (χ2v) is 5.02. The van der Waals surface area contributed by atoms with E-state index in [1.165, 1.54) is 0 Å². The summed E-state index contributed by atoms with van der Waals surface area (Å²) < 4.78 is 5.43. The highest BCUT2D eigenvalue weighted by atomic mass is 16.5. The Morgan fingerprint density at radius 2 is 2.16 bits per heavy atom. The summed E-state index contributed by atoms with van der Waals surface area (Å²) in [6.45, 7) is 4.58. The van der Waals surface area contributed by atoms with Crippen LogP contribution in [-0.4, -0.2) is 29.8 Å². The van der Waals surface area contributed by atoms with Crippen molar-refractivity contribution < 1.29 is 14.6 Å². The van der Waals surface area contributed by atoms with E-state index in [1.54, 1.807) is 6.07 Å². The molecule has 2 N–H and O–H groups in total. The first-order valence-corrected chi connectivity index (χ1v) is 6.83. The predicted octanol–water partition coefficient (Wildman–Crippen LogP) is 1.90. The maximum Gasteiger partial charge on any atom is 0.251 e. The quantitative estimate of drug-likeness (QED) is 0.853. The molecule has 1 aromatic carbocycles. The van der Waals surface area contributed by atoms with E-state index >= 15 is 0 Å². The standard InChI is InChI=1S/C15H21NO3/c1-3-15(4-2,10-17)16-14(18)12-5-6-13-11(9-12)7-8-19-13/h5-6,9,17H,3-4,7-8,10H2,1-2H3,(H,16,18). The Balaban J connectivity index is 2.16. The van der Waals surface area contributed by atoms with Crippen LogP contribution in [0.5, 0.6) is 5.75 Å². The van der Waals surface area contributed by atoms with Crippen LogP contribution in [0.1, 0.15) is 42.6 Å². The molecular weight excluding hydrogens is 242 g/mol. The molecule has 19 heavy (non-hydrogen) atoms. The summed E-state index contributed by atoms with van der Waals surface area (Å²) in [5.74, 6) is 0.739. The number of ether oxygens (including phenoxy) is 1. The molecule has 0 spiro atoms. The highest BCUT2D eigenvalue weighted by molar-refractivity contribution is 5.95. The van der Waals surface area contributed by atoms with Crippen molar-refractivity contribution in [3.8, 4) is 5.75 Å². The van der Waals surface area contributed by atoms with Crippen LogP contribution in [0.25, 0.3) is 0 Å². The van der Waals surface area contributed by atoms with Gasteiger partial charge in [-0.2, -0.15) is 0 Å². The Bertz CT molecular complexity index is 458. The van der Waals surface area contributed by atoms with E-state index in [0.717, 1.165) is 17.7 Å². The van der Waals surface area contributed by atoms with Gasteiger partial charge >= 0.3 is 0 Å². The van der Waals surface area contributed by atoms with Gasteiger partial charge in [0.2, 0.25) is 0 Å². The van der Waals surface area contributed by atoms with E-state index in [0.29, 0.717) is 25.0 Å². The van der Waals surface area contributed by atoms with Crippen molar-refractivity contribution in [2.45, 2.75) is 38.6 Å². The minimum Gasteiger partial charge on any atom is -0.493 e. The highest BCUT2D eigenvalue weighted by Gasteiger charge is 2.28. The minimum atomic E-state index is -0.521. The van der Waals surface area contributed by atoms with Gasteiger partial charge in [-0.15, -0.1) is 0 Å². The number of aliphatic hydroxyl groups excluding tert-OH is 1. The van der Waals surface area contributed by atoms with E-state index in [9.17, 15) is 9.90 Å². The number of benzene rings is 1. The summed E-state index contributed by atoms with van der Waals surface area (Å²) in [7, 11) is 0. The third-order valence-electron chi connectivity index (χ3n) is 3.99. The van der Waals surface area contributed by atoms with E-state index < -0.39 is 5.54 Å². The largest absolute Gasteiger partial charge is 0.493 e. The molecule has 104 valence electrons. The number of carbonyl (C=O) groups excluding carboxylic acids is 1. The number of nitrogens with one attached hydrogen (secondary N) is 1. The average Bonchev–Trinajstić information content (AvgIpc) is 2.92. The number of aliphatic hydroxyl groups is 1. The number of hydrogen-bond acceptors (Lipinski definition) is 3. The van der Waals surface area contributed by atoms with Gasteiger partial charge in [-0.05, 0) is 36.6 Å². The lowest BCUT2D eigenvalue weighted by Gasteiger charge is -2.30. The van der Waals surface area contributed by atoms with Gasteiger partial charge in [0.25, 0.3) is 5.91 Å². The Kier molecular flexibility index (Phi) is 4.10. The van der Waals surface area contributed by atoms with Crippen LogP contribution in [0, 0.1) is 0 Å². The molecule has 1 amide bonds. The first-order chi connectivity index (χ1) is 9.14. The molecule has 0 aliphatic carbocycles. The Morgan fingerprint density at radius 1 is 1.42 bits per heavy atom. The first kappa shape index (κ1) is 13.9. The molecule has 0 radical (unpaired) electrons. The zero-order valence-electron chi connectivity index (χ0n) is 11.5. The maximum atomic E-state index is 12.3. The normalized spacial score (nSPS) is 13.8. The zero-order valence-corrected chi connectivity index (χ0v) is 11.5.